The van der Waals surface area contributed by atoms with E-state index in [-0.39, 0.29) is 37.4 Å². The molecule has 7 nitrogen and oxygen atoms in total. The van der Waals surface area contributed by atoms with E-state index in [0.717, 1.165) is 17.5 Å². The summed E-state index contributed by atoms with van der Waals surface area (Å²) < 4.78 is 24.4. The van der Waals surface area contributed by atoms with Crippen molar-refractivity contribution < 1.29 is 18.0 Å². The molecule has 1 aliphatic heterocycles. The second-order valence-electron chi connectivity index (χ2n) is 6.13. The predicted octanol–water partition coefficient (Wildman–Crippen LogP) is 0.498. The number of amides is 2. The fourth-order valence-electron chi connectivity index (χ4n) is 2.65. The highest BCUT2D eigenvalue weighted by atomic mass is 32.2. The van der Waals surface area contributed by atoms with Crippen LogP contribution in [0.2, 0.25) is 0 Å². The molecule has 1 heterocycles. The quantitative estimate of drug-likeness (QED) is 0.835. The minimum atomic E-state index is -3.32. The molecule has 1 unspecified atom stereocenters. The maximum Gasteiger partial charge on any atom is 0.246 e. The molecule has 0 bridgehead atoms. The van der Waals surface area contributed by atoms with Gasteiger partial charge in [0.1, 0.15) is 6.54 Å². The first-order chi connectivity index (χ1) is 11.2. The molecule has 1 atom stereocenters. The van der Waals surface area contributed by atoms with Gasteiger partial charge in [-0.05, 0) is 26.0 Å². The number of rotatable bonds is 5. The maximum absolute atomic E-state index is 12.4. The Hall–Kier alpha value is -1.93. The van der Waals surface area contributed by atoms with E-state index < -0.39 is 10.0 Å². The van der Waals surface area contributed by atoms with E-state index in [1.807, 2.05) is 38.1 Å². The lowest BCUT2D eigenvalue weighted by Gasteiger charge is -2.39. The fraction of sp³-hybridized carbons (Fsp3) is 0.500. The number of piperazine rings is 1. The van der Waals surface area contributed by atoms with Crippen LogP contribution >= 0.6 is 0 Å². The zero-order valence-electron chi connectivity index (χ0n) is 14.2. The van der Waals surface area contributed by atoms with Crippen molar-refractivity contribution in [3.05, 3.63) is 29.8 Å². The zero-order valence-corrected chi connectivity index (χ0v) is 15.0. The Kier molecular flexibility index (Phi) is 5.61. The summed E-state index contributed by atoms with van der Waals surface area (Å²) in [5.74, 6) is -0.364. The van der Waals surface area contributed by atoms with Gasteiger partial charge in [0.15, 0.2) is 0 Å². The SMILES string of the molecule is Cc1ccc(N2CC(C)N(C(=O)CCNS(C)(=O)=O)CC2=O)cc1. The van der Waals surface area contributed by atoms with Gasteiger partial charge in [0.2, 0.25) is 21.8 Å². The Morgan fingerprint density at radius 2 is 1.92 bits per heavy atom. The number of nitrogens with one attached hydrogen (secondary N) is 1. The van der Waals surface area contributed by atoms with Crippen LogP contribution < -0.4 is 9.62 Å². The van der Waals surface area contributed by atoms with Gasteiger partial charge >= 0.3 is 0 Å². The van der Waals surface area contributed by atoms with Crippen molar-refractivity contribution in [3.63, 3.8) is 0 Å². The number of hydrogen-bond acceptors (Lipinski definition) is 4. The van der Waals surface area contributed by atoms with E-state index >= 15 is 0 Å². The molecule has 1 aromatic rings. The topological polar surface area (TPSA) is 86.8 Å². The van der Waals surface area contributed by atoms with Crippen molar-refractivity contribution in [1.82, 2.24) is 9.62 Å². The number of benzene rings is 1. The molecule has 0 radical (unpaired) electrons. The molecule has 132 valence electrons. The van der Waals surface area contributed by atoms with Gasteiger partial charge in [0, 0.05) is 31.2 Å². The number of aryl methyl sites for hydroxylation is 1. The first-order valence-electron chi connectivity index (χ1n) is 7.78. The molecule has 1 fully saturated rings. The van der Waals surface area contributed by atoms with E-state index in [9.17, 15) is 18.0 Å². The van der Waals surface area contributed by atoms with Crippen molar-refractivity contribution in [2.75, 3.05) is 30.8 Å². The van der Waals surface area contributed by atoms with Gasteiger partial charge < -0.3 is 9.80 Å². The van der Waals surface area contributed by atoms with Gasteiger partial charge in [0.05, 0.1) is 6.26 Å². The lowest BCUT2D eigenvalue weighted by Crippen LogP contribution is -2.57. The third-order valence-corrected chi connectivity index (χ3v) is 4.68. The summed E-state index contributed by atoms with van der Waals surface area (Å²) in [6.07, 6.45) is 1.08. The Balaban J connectivity index is 1.98. The Morgan fingerprint density at radius 1 is 1.29 bits per heavy atom. The highest BCUT2D eigenvalue weighted by Crippen LogP contribution is 2.21. The van der Waals surface area contributed by atoms with Crippen molar-refractivity contribution in [1.29, 1.82) is 0 Å². The molecule has 0 saturated carbocycles. The van der Waals surface area contributed by atoms with Crippen molar-refractivity contribution in [3.8, 4) is 0 Å². The van der Waals surface area contributed by atoms with Crippen LogP contribution in [0.5, 0.6) is 0 Å². The van der Waals surface area contributed by atoms with E-state index in [1.54, 1.807) is 4.90 Å². The normalized spacial score (nSPS) is 18.8. The third-order valence-electron chi connectivity index (χ3n) is 3.95. The van der Waals surface area contributed by atoms with Crippen LogP contribution in [0.4, 0.5) is 5.69 Å². The lowest BCUT2D eigenvalue weighted by atomic mass is 10.1. The van der Waals surface area contributed by atoms with Gasteiger partial charge in [-0.1, -0.05) is 17.7 Å². The summed E-state index contributed by atoms with van der Waals surface area (Å²) in [5, 5.41) is 0. The van der Waals surface area contributed by atoms with Crippen molar-refractivity contribution in [2.45, 2.75) is 26.3 Å². The maximum atomic E-state index is 12.4. The van der Waals surface area contributed by atoms with Crippen LogP contribution in [-0.4, -0.2) is 57.1 Å². The van der Waals surface area contributed by atoms with Crippen molar-refractivity contribution >= 4 is 27.5 Å². The van der Waals surface area contributed by atoms with Crippen LogP contribution in [0.1, 0.15) is 18.9 Å². The summed E-state index contributed by atoms with van der Waals surface area (Å²) in [7, 11) is -3.32. The van der Waals surface area contributed by atoms with E-state index in [1.165, 1.54) is 4.90 Å². The zero-order chi connectivity index (χ0) is 17.9. The number of carbonyl (C=O) groups is 2. The molecular weight excluding hydrogens is 330 g/mol. The number of sulfonamides is 1. The predicted molar refractivity (Wildman–Crippen MR) is 92.2 cm³/mol. The van der Waals surface area contributed by atoms with Gasteiger partial charge in [0.25, 0.3) is 0 Å². The van der Waals surface area contributed by atoms with Crippen LogP contribution in [-0.2, 0) is 19.6 Å². The van der Waals surface area contributed by atoms with Gasteiger partial charge in [-0.2, -0.15) is 0 Å². The molecule has 1 N–H and O–H groups in total. The smallest absolute Gasteiger partial charge is 0.246 e. The van der Waals surface area contributed by atoms with E-state index in [4.69, 9.17) is 0 Å². The molecule has 8 heteroatoms. The molecule has 0 aliphatic carbocycles. The third kappa shape index (κ3) is 4.78. The number of carbonyl (C=O) groups excluding carboxylic acids is 2. The molecule has 1 saturated heterocycles. The Bertz CT molecular complexity index is 715. The van der Waals surface area contributed by atoms with Gasteiger partial charge in [-0.25, -0.2) is 13.1 Å². The molecular formula is C16H23N3O4S. The standard InChI is InChI=1S/C16H23N3O4S/c1-12-4-6-14(7-5-12)19-10-13(2)18(11-16(19)21)15(20)8-9-17-24(3,22)23/h4-7,13,17H,8-11H2,1-3H3. The highest BCUT2D eigenvalue weighted by molar-refractivity contribution is 7.88. The van der Waals surface area contributed by atoms with Crippen LogP contribution in [0.3, 0.4) is 0 Å². The van der Waals surface area contributed by atoms with Gasteiger partial charge in [-0.15, -0.1) is 0 Å². The highest BCUT2D eigenvalue weighted by Gasteiger charge is 2.32. The van der Waals surface area contributed by atoms with Gasteiger partial charge in [-0.3, -0.25) is 9.59 Å². The minimum absolute atomic E-state index is 0.00670. The average molecular weight is 353 g/mol. The monoisotopic (exact) mass is 353 g/mol. The summed E-state index contributed by atoms with van der Waals surface area (Å²) in [5.41, 5.74) is 1.94. The molecule has 2 amide bonds. The molecule has 24 heavy (non-hydrogen) atoms. The first kappa shape index (κ1) is 18.4. The summed E-state index contributed by atoms with van der Waals surface area (Å²) in [6, 6.07) is 7.55. The molecule has 2 rings (SSSR count). The summed E-state index contributed by atoms with van der Waals surface area (Å²) >= 11 is 0. The van der Waals surface area contributed by atoms with E-state index in [2.05, 4.69) is 4.72 Å². The van der Waals surface area contributed by atoms with E-state index in [0.29, 0.717) is 6.54 Å². The van der Waals surface area contributed by atoms with Crippen LogP contribution in [0.15, 0.2) is 24.3 Å². The number of nitrogens with zero attached hydrogens (tertiary/aromatic N) is 2. The lowest BCUT2D eigenvalue weighted by molar-refractivity contribution is -0.139. The summed E-state index contributed by atoms with van der Waals surface area (Å²) in [6.45, 7) is 4.33. The minimum Gasteiger partial charge on any atom is -0.329 e. The molecule has 1 aliphatic rings. The number of hydrogen-bond donors (Lipinski definition) is 1. The van der Waals surface area contributed by atoms with Crippen LogP contribution in [0.25, 0.3) is 0 Å². The fourth-order valence-corrected chi connectivity index (χ4v) is 3.12. The molecule has 1 aromatic carbocycles. The summed E-state index contributed by atoms with van der Waals surface area (Å²) in [4.78, 5) is 27.8. The second-order valence-corrected chi connectivity index (χ2v) is 7.96. The average Bonchev–Trinajstić information content (AvgIpc) is 2.48. The number of anilines is 1. The largest absolute Gasteiger partial charge is 0.329 e. The van der Waals surface area contributed by atoms with Crippen LogP contribution in [0, 0.1) is 6.92 Å². The second kappa shape index (κ2) is 7.31. The first-order valence-corrected chi connectivity index (χ1v) is 9.67. The Morgan fingerprint density at radius 3 is 2.50 bits per heavy atom. The Labute approximate surface area is 142 Å². The van der Waals surface area contributed by atoms with Crippen molar-refractivity contribution in [2.24, 2.45) is 0 Å². The molecule has 0 spiro atoms. The molecule has 0 aromatic heterocycles.